The molecule has 1 aromatic carbocycles. The number of methoxy groups -OCH3 is 1. The molecule has 0 aromatic heterocycles. The summed E-state index contributed by atoms with van der Waals surface area (Å²) in [7, 11) is -2.69. The number of benzene rings is 1. The lowest BCUT2D eigenvalue weighted by atomic mass is 10.2. The molecule has 1 rings (SSSR count). The SMILES string of the molecule is [2H]C([2H])([2H])Oc1ccc(C=O)cc1F. The molecule has 58 valence electrons. The molecule has 0 atom stereocenters. The first kappa shape index (κ1) is 4.49. The second kappa shape index (κ2) is 3.14. The van der Waals surface area contributed by atoms with Crippen molar-refractivity contribution >= 4 is 6.29 Å². The van der Waals surface area contributed by atoms with Crippen LogP contribution in [0.2, 0.25) is 0 Å². The Hall–Kier alpha value is -1.38. The molecule has 3 heteroatoms. The number of carbonyl (C=O) groups is 1. The molecule has 0 saturated carbocycles. The average molecular weight is 157 g/mol. The van der Waals surface area contributed by atoms with E-state index in [2.05, 4.69) is 4.74 Å². The Kier molecular flexibility index (Phi) is 1.28. The fraction of sp³-hybridized carbons (Fsp3) is 0.125. The lowest BCUT2D eigenvalue weighted by Crippen LogP contribution is -1.89. The van der Waals surface area contributed by atoms with Crippen LogP contribution in [-0.2, 0) is 0 Å². The van der Waals surface area contributed by atoms with Crippen LogP contribution in [0.5, 0.6) is 5.75 Å². The van der Waals surface area contributed by atoms with Crippen LogP contribution in [-0.4, -0.2) is 13.3 Å². The second-order valence-electron chi connectivity index (χ2n) is 1.91. The van der Waals surface area contributed by atoms with E-state index in [1.807, 2.05) is 0 Å². The predicted octanol–water partition coefficient (Wildman–Crippen LogP) is 1.65. The van der Waals surface area contributed by atoms with Crippen LogP contribution in [0.15, 0.2) is 18.2 Å². The summed E-state index contributed by atoms with van der Waals surface area (Å²) in [6.07, 6.45) is 0.461. The third-order valence-corrected chi connectivity index (χ3v) is 1.20. The van der Waals surface area contributed by atoms with Gasteiger partial charge in [-0.1, -0.05) is 0 Å². The molecular formula is C8H7FO2. The molecule has 0 N–H and O–H groups in total. The molecule has 0 heterocycles. The molecule has 11 heavy (non-hydrogen) atoms. The van der Waals surface area contributed by atoms with Crippen molar-refractivity contribution in [3.05, 3.63) is 29.6 Å². The van der Waals surface area contributed by atoms with Crippen molar-refractivity contribution in [1.29, 1.82) is 0 Å². The van der Waals surface area contributed by atoms with Gasteiger partial charge in [-0.25, -0.2) is 4.39 Å². The standard InChI is InChI=1S/C8H7FO2/c1-11-8-3-2-6(5-10)4-7(8)9/h2-5H,1H3/i1D3. The van der Waals surface area contributed by atoms with Gasteiger partial charge in [-0.2, -0.15) is 0 Å². The van der Waals surface area contributed by atoms with Gasteiger partial charge in [0.1, 0.15) is 6.29 Å². The van der Waals surface area contributed by atoms with Crippen molar-refractivity contribution in [3.8, 4) is 5.75 Å². The monoisotopic (exact) mass is 157 g/mol. The number of hydrogen-bond donors (Lipinski definition) is 0. The normalized spacial score (nSPS) is 14.5. The largest absolute Gasteiger partial charge is 0.494 e. The number of ether oxygens (including phenoxy) is 1. The van der Waals surface area contributed by atoms with E-state index in [9.17, 15) is 9.18 Å². The fourth-order valence-corrected chi connectivity index (χ4v) is 0.673. The molecule has 0 spiro atoms. The Morgan fingerprint density at radius 2 is 2.55 bits per heavy atom. The molecule has 1 aromatic rings. The highest BCUT2D eigenvalue weighted by Gasteiger charge is 2.01. The molecule has 0 radical (unpaired) electrons. The Balaban J connectivity index is 2.95. The van der Waals surface area contributed by atoms with Gasteiger partial charge in [0.25, 0.3) is 0 Å². The van der Waals surface area contributed by atoms with Crippen LogP contribution in [0.3, 0.4) is 0 Å². The van der Waals surface area contributed by atoms with Gasteiger partial charge in [-0.3, -0.25) is 4.79 Å². The van der Waals surface area contributed by atoms with Crippen LogP contribution < -0.4 is 4.74 Å². The van der Waals surface area contributed by atoms with Gasteiger partial charge in [-0.05, 0) is 18.2 Å². The lowest BCUT2D eigenvalue weighted by Gasteiger charge is -1.99. The van der Waals surface area contributed by atoms with E-state index < -0.39 is 18.6 Å². The number of aldehydes is 1. The zero-order valence-corrected chi connectivity index (χ0v) is 5.50. The van der Waals surface area contributed by atoms with Gasteiger partial charge in [0, 0.05) is 5.56 Å². The van der Waals surface area contributed by atoms with E-state index in [1.54, 1.807) is 0 Å². The maximum absolute atomic E-state index is 13.0. The fourth-order valence-electron chi connectivity index (χ4n) is 0.673. The number of carbonyl (C=O) groups excluding carboxylic acids is 1. The highest BCUT2D eigenvalue weighted by molar-refractivity contribution is 5.74. The van der Waals surface area contributed by atoms with Crippen LogP contribution in [0.25, 0.3) is 0 Å². The smallest absolute Gasteiger partial charge is 0.165 e. The average Bonchev–Trinajstić information content (AvgIpc) is 2.06. The molecule has 0 aliphatic rings. The summed E-state index contributed by atoms with van der Waals surface area (Å²) in [5.41, 5.74) is 0.125. The first-order valence-corrected chi connectivity index (χ1v) is 2.86. The highest BCUT2D eigenvalue weighted by Crippen LogP contribution is 2.16. The van der Waals surface area contributed by atoms with E-state index in [1.165, 1.54) is 6.07 Å². The first-order valence-electron chi connectivity index (χ1n) is 4.36. The number of halogens is 1. The van der Waals surface area contributed by atoms with Gasteiger partial charge >= 0.3 is 0 Å². The van der Waals surface area contributed by atoms with Crippen molar-refractivity contribution in [2.24, 2.45) is 0 Å². The van der Waals surface area contributed by atoms with Gasteiger partial charge in [0.05, 0.1) is 11.2 Å². The Bertz CT molecular complexity index is 349. The van der Waals surface area contributed by atoms with Crippen molar-refractivity contribution in [2.45, 2.75) is 0 Å². The van der Waals surface area contributed by atoms with Gasteiger partial charge in [0.15, 0.2) is 11.6 Å². The van der Waals surface area contributed by atoms with Crippen molar-refractivity contribution in [2.75, 3.05) is 7.04 Å². The maximum atomic E-state index is 13.0. The van der Waals surface area contributed by atoms with Gasteiger partial charge in [0.2, 0.25) is 0 Å². The quantitative estimate of drug-likeness (QED) is 0.610. The Morgan fingerprint density at radius 1 is 1.73 bits per heavy atom. The zero-order chi connectivity index (χ0) is 10.8. The third-order valence-electron chi connectivity index (χ3n) is 1.20. The molecule has 0 saturated heterocycles. The summed E-state index contributed by atoms with van der Waals surface area (Å²) in [6, 6.07) is 3.29. The van der Waals surface area contributed by atoms with Gasteiger partial charge in [-0.15, -0.1) is 0 Å². The molecule has 0 amide bonds. The summed E-state index contributed by atoms with van der Waals surface area (Å²) in [4.78, 5) is 10.2. The van der Waals surface area contributed by atoms with Crippen LogP contribution >= 0.6 is 0 Å². The Morgan fingerprint density at radius 3 is 3.09 bits per heavy atom. The maximum Gasteiger partial charge on any atom is 0.165 e. The van der Waals surface area contributed by atoms with Gasteiger partial charge < -0.3 is 4.74 Å². The molecule has 0 bridgehead atoms. The molecule has 0 unspecified atom stereocenters. The highest BCUT2D eigenvalue weighted by atomic mass is 19.1. The van der Waals surface area contributed by atoms with Crippen LogP contribution in [0, 0.1) is 5.82 Å². The summed E-state index contributed by atoms with van der Waals surface area (Å²) < 4.78 is 37.6. The van der Waals surface area contributed by atoms with E-state index in [0.717, 1.165) is 12.1 Å². The molecule has 0 fully saturated rings. The van der Waals surface area contributed by atoms with Crippen molar-refractivity contribution in [1.82, 2.24) is 0 Å². The summed E-state index contributed by atoms with van der Waals surface area (Å²) in [5.74, 6) is -1.26. The molecule has 0 aliphatic carbocycles. The zero-order valence-electron chi connectivity index (χ0n) is 8.50. The number of hydrogen-bond acceptors (Lipinski definition) is 2. The minimum absolute atomic E-state index is 0.125. The second-order valence-corrected chi connectivity index (χ2v) is 1.91. The Labute approximate surface area is 67.8 Å². The van der Waals surface area contributed by atoms with E-state index in [0.29, 0.717) is 6.29 Å². The van der Waals surface area contributed by atoms with E-state index in [4.69, 9.17) is 4.11 Å². The summed E-state index contributed by atoms with van der Waals surface area (Å²) >= 11 is 0. The van der Waals surface area contributed by atoms with Crippen LogP contribution in [0.4, 0.5) is 4.39 Å². The first-order chi connectivity index (χ1) is 6.42. The molecule has 0 aliphatic heterocycles. The molecule has 2 nitrogen and oxygen atoms in total. The lowest BCUT2D eigenvalue weighted by molar-refractivity contribution is 0.112. The molecular weight excluding hydrogens is 147 g/mol. The summed E-state index contributed by atoms with van der Waals surface area (Å²) in [5, 5.41) is 0. The van der Waals surface area contributed by atoms with Crippen LogP contribution in [0.1, 0.15) is 14.5 Å². The van der Waals surface area contributed by atoms with E-state index >= 15 is 0 Å². The minimum atomic E-state index is -2.69. The summed E-state index contributed by atoms with van der Waals surface area (Å²) in [6.45, 7) is 0. The van der Waals surface area contributed by atoms with E-state index in [-0.39, 0.29) is 5.56 Å². The minimum Gasteiger partial charge on any atom is -0.494 e. The predicted molar refractivity (Wildman–Crippen MR) is 38.3 cm³/mol. The third kappa shape index (κ3) is 1.55. The van der Waals surface area contributed by atoms with Crippen molar-refractivity contribution < 1.29 is 18.0 Å². The van der Waals surface area contributed by atoms with Crippen molar-refractivity contribution in [3.63, 3.8) is 0 Å². The number of rotatable bonds is 2. The topological polar surface area (TPSA) is 26.3 Å².